The van der Waals surface area contributed by atoms with Gasteiger partial charge in [0.15, 0.2) is 9.84 Å². The van der Waals surface area contributed by atoms with Crippen LogP contribution in [0.5, 0.6) is 0 Å². The van der Waals surface area contributed by atoms with Crippen LogP contribution in [-0.4, -0.2) is 61.4 Å². The first-order valence-corrected chi connectivity index (χ1v) is 13.8. The summed E-state index contributed by atoms with van der Waals surface area (Å²) in [5, 5.41) is 1.14. The maximum atomic E-state index is 13.5. The van der Waals surface area contributed by atoms with Crippen LogP contribution in [0.2, 0.25) is 0 Å². The van der Waals surface area contributed by atoms with Gasteiger partial charge in [0.2, 0.25) is 5.91 Å². The lowest BCUT2D eigenvalue weighted by molar-refractivity contribution is -0.120. The molecule has 8 heteroatoms. The monoisotopic (exact) mass is 469 g/mol. The van der Waals surface area contributed by atoms with Gasteiger partial charge in [0, 0.05) is 18.2 Å². The highest BCUT2D eigenvalue weighted by Crippen LogP contribution is 2.33. The third-order valence-electron chi connectivity index (χ3n) is 6.40. The van der Waals surface area contributed by atoms with Crippen molar-refractivity contribution in [2.45, 2.75) is 31.2 Å². The molecule has 6 nitrogen and oxygen atoms in total. The molecule has 1 aromatic heterocycles. The number of likely N-dealkylation sites (tertiary alicyclic amines) is 1. The largest absolute Gasteiger partial charge is 0.307 e. The van der Waals surface area contributed by atoms with Gasteiger partial charge in [-0.25, -0.2) is 13.4 Å². The molecule has 5 rings (SSSR count). The van der Waals surface area contributed by atoms with E-state index < -0.39 is 9.84 Å². The maximum Gasteiger partial charge on any atom is 0.241 e. The van der Waals surface area contributed by atoms with Crippen LogP contribution in [0.4, 0.5) is 5.69 Å². The fourth-order valence-corrected chi connectivity index (χ4v) is 7.65. The van der Waals surface area contributed by atoms with Crippen LogP contribution in [-0.2, 0) is 14.6 Å². The van der Waals surface area contributed by atoms with Crippen LogP contribution in [0.25, 0.3) is 10.2 Å². The molecule has 0 radical (unpaired) electrons. The fourth-order valence-electron chi connectivity index (χ4n) is 4.86. The van der Waals surface area contributed by atoms with Gasteiger partial charge in [0.05, 0.1) is 39.3 Å². The van der Waals surface area contributed by atoms with Crippen molar-refractivity contribution in [2.24, 2.45) is 0 Å². The van der Waals surface area contributed by atoms with Crippen LogP contribution in [0, 0.1) is 0 Å². The number of amides is 1. The summed E-state index contributed by atoms with van der Waals surface area (Å²) >= 11 is 1.75. The maximum absolute atomic E-state index is 13.5. The number of anilines is 1. The molecule has 0 aliphatic carbocycles. The van der Waals surface area contributed by atoms with E-state index in [0.29, 0.717) is 18.9 Å². The molecule has 0 saturated carbocycles. The molecule has 1 amide bonds. The number of piperidine rings is 1. The Bertz CT molecular complexity index is 1180. The van der Waals surface area contributed by atoms with E-state index in [1.807, 2.05) is 48.5 Å². The number of thiazole rings is 1. The molecule has 2 fully saturated rings. The zero-order chi connectivity index (χ0) is 22.1. The van der Waals surface area contributed by atoms with Crippen molar-refractivity contribution in [2.75, 3.05) is 36.0 Å². The minimum atomic E-state index is -3.09. The molecule has 2 aliphatic heterocycles. The number of fused-ring (bicyclic) bond motifs is 1. The molecule has 2 aliphatic rings. The van der Waals surface area contributed by atoms with E-state index >= 15 is 0 Å². The topological polar surface area (TPSA) is 70.6 Å². The Hall–Kier alpha value is -2.29. The number of nitrogens with zero attached hydrogens (tertiary/aromatic N) is 3. The summed E-state index contributed by atoms with van der Waals surface area (Å²) in [6.45, 7) is 1.97. The Morgan fingerprint density at radius 2 is 1.88 bits per heavy atom. The van der Waals surface area contributed by atoms with Gasteiger partial charge in [-0.15, -0.1) is 11.3 Å². The predicted octanol–water partition coefficient (Wildman–Crippen LogP) is 3.70. The summed E-state index contributed by atoms with van der Waals surface area (Å²) in [7, 11) is -3.09. The Morgan fingerprint density at radius 3 is 2.62 bits per heavy atom. The summed E-state index contributed by atoms with van der Waals surface area (Å²) in [5.74, 6) is 0.494. The minimum absolute atomic E-state index is 0.0248. The second-order valence-electron chi connectivity index (χ2n) is 8.75. The summed E-state index contributed by atoms with van der Waals surface area (Å²) in [4.78, 5) is 22.3. The third kappa shape index (κ3) is 4.58. The average molecular weight is 470 g/mol. The summed E-state index contributed by atoms with van der Waals surface area (Å²) in [6, 6.07) is 17.4. The van der Waals surface area contributed by atoms with Crippen LogP contribution in [0.1, 0.15) is 30.2 Å². The van der Waals surface area contributed by atoms with Gasteiger partial charge in [0.25, 0.3) is 0 Å². The molecule has 2 aromatic carbocycles. The van der Waals surface area contributed by atoms with Crippen LogP contribution < -0.4 is 4.90 Å². The molecule has 168 valence electrons. The van der Waals surface area contributed by atoms with Crippen molar-refractivity contribution in [3.8, 4) is 0 Å². The molecule has 2 atom stereocenters. The number of rotatable bonds is 5. The Kier molecular flexibility index (Phi) is 6.01. The number of hydrogen-bond acceptors (Lipinski definition) is 6. The van der Waals surface area contributed by atoms with Gasteiger partial charge in [-0.1, -0.05) is 30.3 Å². The first-order chi connectivity index (χ1) is 15.5. The number of carbonyl (C=O) groups excluding carboxylic acids is 1. The lowest BCUT2D eigenvalue weighted by Crippen LogP contribution is -2.48. The van der Waals surface area contributed by atoms with E-state index in [9.17, 15) is 13.2 Å². The lowest BCUT2D eigenvalue weighted by Gasteiger charge is -2.34. The van der Waals surface area contributed by atoms with Gasteiger partial charge in [-0.05, 0) is 50.1 Å². The summed E-state index contributed by atoms with van der Waals surface area (Å²) in [5.41, 5.74) is 1.82. The molecule has 0 N–H and O–H groups in total. The fraction of sp³-hybridized carbons (Fsp3) is 0.417. The molecular weight excluding hydrogens is 442 g/mol. The second kappa shape index (κ2) is 8.92. The number of para-hydroxylation sites is 2. The molecule has 0 spiro atoms. The Balaban J connectivity index is 1.32. The van der Waals surface area contributed by atoms with Crippen LogP contribution in [0.15, 0.2) is 54.6 Å². The van der Waals surface area contributed by atoms with Gasteiger partial charge in [0.1, 0.15) is 0 Å². The highest BCUT2D eigenvalue weighted by atomic mass is 32.2. The van der Waals surface area contributed by atoms with Crippen molar-refractivity contribution in [3.05, 3.63) is 59.6 Å². The quantitative estimate of drug-likeness (QED) is 0.570. The predicted molar refractivity (Wildman–Crippen MR) is 129 cm³/mol. The van der Waals surface area contributed by atoms with Crippen molar-refractivity contribution < 1.29 is 13.2 Å². The van der Waals surface area contributed by atoms with Crippen molar-refractivity contribution in [3.63, 3.8) is 0 Å². The smallest absolute Gasteiger partial charge is 0.241 e. The number of benzene rings is 2. The summed E-state index contributed by atoms with van der Waals surface area (Å²) < 4.78 is 25.4. The molecule has 32 heavy (non-hydrogen) atoms. The summed E-state index contributed by atoms with van der Waals surface area (Å²) in [6.07, 6.45) is 2.60. The number of hydrogen-bond donors (Lipinski definition) is 0. The molecule has 2 unspecified atom stereocenters. The highest BCUT2D eigenvalue weighted by molar-refractivity contribution is 7.91. The van der Waals surface area contributed by atoms with Crippen LogP contribution in [0.3, 0.4) is 0 Å². The highest BCUT2D eigenvalue weighted by Gasteiger charge is 2.36. The zero-order valence-corrected chi connectivity index (χ0v) is 19.5. The number of carbonyl (C=O) groups is 1. The van der Waals surface area contributed by atoms with E-state index in [4.69, 9.17) is 4.98 Å². The molecule has 0 bridgehead atoms. The molecule has 3 heterocycles. The standard InChI is InChI=1S/C24H27N3O3S2/c28-23(27(19-8-2-1-3-9-19)20-12-14-32(29,30)17-20)16-26-13-6-7-18(15-26)24-25-21-10-4-5-11-22(21)31-24/h1-5,8-11,18,20H,6-7,12-17H2. The van der Waals surface area contributed by atoms with Crippen molar-refractivity contribution >= 4 is 43.0 Å². The molecule has 2 saturated heterocycles. The average Bonchev–Trinajstić information content (AvgIpc) is 3.38. The lowest BCUT2D eigenvalue weighted by atomic mass is 9.98. The first-order valence-electron chi connectivity index (χ1n) is 11.1. The SMILES string of the molecule is O=C(CN1CCCC(c2nc3ccccc3s2)C1)N(c1ccccc1)C1CCS(=O)(=O)C1. The number of aromatic nitrogens is 1. The molecule has 3 aromatic rings. The van der Waals surface area contributed by atoms with E-state index in [1.54, 1.807) is 16.2 Å². The van der Waals surface area contributed by atoms with Gasteiger partial charge in [-0.3, -0.25) is 9.69 Å². The second-order valence-corrected chi connectivity index (χ2v) is 12.0. The van der Waals surface area contributed by atoms with E-state index in [2.05, 4.69) is 11.0 Å². The minimum Gasteiger partial charge on any atom is -0.307 e. The Labute approximate surface area is 192 Å². The zero-order valence-electron chi connectivity index (χ0n) is 17.9. The molecular formula is C24H27N3O3S2. The third-order valence-corrected chi connectivity index (χ3v) is 9.35. The normalized spacial score (nSPS) is 23.4. The van der Waals surface area contributed by atoms with E-state index in [-0.39, 0.29) is 23.5 Å². The van der Waals surface area contributed by atoms with Gasteiger partial charge >= 0.3 is 0 Å². The van der Waals surface area contributed by atoms with Crippen molar-refractivity contribution in [1.82, 2.24) is 9.88 Å². The van der Waals surface area contributed by atoms with E-state index in [0.717, 1.165) is 42.1 Å². The van der Waals surface area contributed by atoms with Gasteiger partial charge in [-0.2, -0.15) is 0 Å². The Morgan fingerprint density at radius 1 is 1.09 bits per heavy atom. The first kappa shape index (κ1) is 21.6. The number of sulfone groups is 1. The van der Waals surface area contributed by atoms with Gasteiger partial charge < -0.3 is 4.90 Å². The van der Waals surface area contributed by atoms with E-state index in [1.165, 1.54) is 4.70 Å². The van der Waals surface area contributed by atoms with Crippen molar-refractivity contribution in [1.29, 1.82) is 0 Å². The van der Waals surface area contributed by atoms with Crippen LogP contribution >= 0.6 is 11.3 Å².